The van der Waals surface area contributed by atoms with Crippen LogP contribution in [0.1, 0.15) is 21.6 Å². The van der Waals surface area contributed by atoms with Crippen LogP contribution in [0.5, 0.6) is 0 Å². The normalized spacial score (nSPS) is 9.80. The lowest BCUT2D eigenvalue weighted by atomic mass is 10.1. The third-order valence-corrected chi connectivity index (χ3v) is 3.03. The number of nitriles is 1. The molecule has 20 heavy (non-hydrogen) atoms. The van der Waals surface area contributed by atoms with Gasteiger partial charge in [0.05, 0.1) is 5.56 Å². The summed E-state index contributed by atoms with van der Waals surface area (Å²) >= 11 is 5.82. The maximum atomic E-state index is 10.7. The fourth-order valence-electron chi connectivity index (χ4n) is 1.74. The molecule has 0 unspecified atom stereocenters. The molecule has 0 amide bonds. The molecule has 0 aliphatic rings. The molecule has 0 saturated carbocycles. The van der Waals surface area contributed by atoms with E-state index in [4.69, 9.17) is 16.9 Å². The number of rotatable bonds is 5. The Balaban J connectivity index is 2.01. The molecule has 1 aromatic carbocycles. The average molecular weight is 286 g/mol. The van der Waals surface area contributed by atoms with Crippen molar-refractivity contribution in [2.45, 2.75) is 6.42 Å². The lowest BCUT2D eigenvalue weighted by Crippen LogP contribution is -2.08. The third kappa shape index (κ3) is 3.56. The molecule has 0 aliphatic heterocycles. The van der Waals surface area contributed by atoms with Crippen molar-refractivity contribution in [2.75, 3.05) is 11.9 Å². The van der Waals surface area contributed by atoms with E-state index in [1.54, 1.807) is 6.07 Å². The molecule has 2 rings (SSSR count). The summed E-state index contributed by atoms with van der Waals surface area (Å²) in [6, 6.07) is 12.7. The Bertz CT molecular complexity index is 647. The first kappa shape index (κ1) is 14.0. The van der Waals surface area contributed by atoms with E-state index in [-0.39, 0.29) is 0 Å². The van der Waals surface area contributed by atoms with E-state index < -0.39 is 0 Å². The van der Waals surface area contributed by atoms with Crippen LogP contribution in [-0.2, 0) is 6.42 Å². The molecule has 1 heterocycles. The van der Waals surface area contributed by atoms with E-state index in [1.165, 1.54) is 6.07 Å². The molecular weight excluding hydrogens is 274 g/mol. The molecule has 1 N–H and O–H groups in total. The van der Waals surface area contributed by atoms with Crippen LogP contribution in [-0.4, -0.2) is 17.8 Å². The SMILES string of the molecule is N#Cc1ccc(C=O)nc1NCCc1ccc(Cl)cc1. The van der Waals surface area contributed by atoms with Gasteiger partial charge in [0, 0.05) is 11.6 Å². The Morgan fingerprint density at radius 3 is 2.65 bits per heavy atom. The van der Waals surface area contributed by atoms with Gasteiger partial charge in [0.2, 0.25) is 0 Å². The van der Waals surface area contributed by atoms with Crippen LogP contribution < -0.4 is 5.32 Å². The summed E-state index contributed by atoms with van der Waals surface area (Å²) < 4.78 is 0. The Morgan fingerprint density at radius 2 is 2.00 bits per heavy atom. The summed E-state index contributed by atoms with van der Waals surface area (Å²) in [6.07, 6.45) is 1.43. The van der Waals surface area contributed by atoms with Crippen LogP contribution >= 0.6 is 11.6 Å². The van der Waals surface area contributed by atoms with Gasteiger partial charge in [-0.15, -0.1) is 0 Å². The minimum atomic E-state index is 0.304. The number of halogens is 1. The first-order valence-electron chi connectivity index (χ1n) is 6.07. The van der Waals surface area contributed by atoms with Gasteiger partial charge in [-0.2, -0.15) is 5.26 Å². The Hall–Kier alpha value is -2.38. The zero-order chi connectivity index (χ0) is 14.4. The van der Waals surface area contributed by atoms with Crippen LogP contribution in [0.4, 0.5) is 5.82 Å². The number of aldehydes is 1. The number of carbonyl (C=O) groups is 1. The summed E-state index contributed by atoms with van der Waals surface area (Å²) in [4.78, 5) is 14.8. The van der Waals surface area contributed by atoms with Crippen molar-refractivity contribution in [3.63, 3.8) is 0 Å². The van der Waals surface area contributed by atoms with Gasteiger partial charge < -0.3 is 5.32 Å². The number of aromatic nitrogens is 1. The van der Waals surface area contributed by atoms with Gasteiger partial charge in [-0.1, -0.05) is 23.7 Å². The van der Waals surface area contributed by atoms with Crippen molar-refractivity contribution in [2.24, 2.45) is 0 Å². The lowest BCUT2D eigenvalue weighted by molar-refractivity contribution is 0.111. The van der Waals surface area contributed by atoms with Gasteiger partial charge in [0.15, 0.2) is 6.29 Å². The summed E-state index contributed by atoms with van der Waals surface area (Å²) in [5, 5.41) is 12.8. The fourth-order valence-corrected chi connectivity index (χ4v) is 1.87. The molecule has 0 bridgehead atoms. The summed E-state index contributed by atoms with van der Waals surface area (Å²) in [5.41, 5.74) is 1.86. The van der Waals surface area contributed by atoms with E-state index in [1.807, 2.05) is 30.3 Å². The number of hydrogen-bond acceptors (Lipinski definition) is 4. The molecule has 0 fully saturated rings. The smallest absolute Gasteiger partial charge is 0.168 e. The van der Waals surface area contributed by atoms with Crippen molar-refractivity contribution < 1.29 is 4.79 Å². The maximum Gasteiger partial charge on any atom is 0.168 e. The third-order valence-electron chi connectivity index (χ3n) is 2.78. The highest BCUT2D eigenvalue weighted by molar-refractivity contribution is 6.30. The summed E-state index contributed by atoms with van der Waals surface area (Å²) in [7, 11) is 0. The minimum absolute atomic E-state index is 0.304. The van der Waals surface area contributed by atoms with Crippen molar-refractivity contribution in [3.05, 3.63) is 58.2 Å². The first-order chi connectivity index (χ1) is 9.72. The molecule has 0 aliphatic carbocycles. The molecule has 2 aromatic rings. The van der Waals surface area contributed by atoms with Crippen LogP contribution in [0, 0.1) is 11.3 Å². The van der Waals surface area contributed by atoms with E-state index in [2.05, 4.69) is 10.3 Å². The predicted octanol–water partition coefficient (Wildman–Crippen LogP) is 3.07. The second kappa shape index (κ2) is 6.69. The van der Waals surface area contributed by atoms with Gasteiger partial charge in [-0.25, -0.2) is 4.98 Å². The van der Waals surface area contributed by atoms with Crippen LogP contribution in [0.25, 0.3) is 0 Å². The Kier molecular flexibility index (Phi) is 4.70. The van der Waals surface area contributed by atoms with E-state index in [9.17, 15) is 4.79 Å². The maximum absolute atomic E-state index is 10.7. The topological polar surface area (TPSA) is 65.8 Å². The van der Waals surface area contributed by atoms with Gasteiger partial charge in [0.25, 0.3) is 0 Å². The number of carbonyl (C=O) groups excluding carboxylic acids is 1. The van der Waals surface area contributed by atoms with Gasteiger partial charge in [-0.3, -0.25) is 4.79 Å². The zero-order valence-electron chi connectivity index (χ0n) is 10.6. The Labute approximate surface area is 122 Å². The van der Waals surface area contributed by atoms with Crippen LogP contribution in [0.15, 0.2) is 36.4 Å². The zero-order valence-corrected chi connectivity index (χ0v) is 11.4. The van der Waals surface area contributed by atoms with E-state index >= 15 is 0 Å². The summed E-state index contributed by atoms with van der Waals surface area (Å²) in [5.74, 6) is 0.436. The average Bonchev–Trinajstić information content (AvgIpc) is 2.49. The van der Waals surface area contributed by atoms with Gasteiger partial charge in [-0.05, 0) is 36.2 Å². The lowest BCUT2D eigenvalue weighted by Gasteiger charge is -2.07. The molecule has 0 spiro atoms. The monoisotopic (exact) mass is 285 g/mol. The summed E-state index contributed by atoms with van der Waals surface area (Å²) in [6.45, 7) is 0.617. The number of hydrogen-bond donors (Lipinski definition) is 1. The van der Waals surface area contributed by atoms with Gasteiger partial charge in [0.1, 0.15) is 17.6 Å². The van der Waals surface area contributed by atoms with Crippen molar-refractivity contribution in [1.82, 2.24) is 4.98 Å². The minimum Gasteiger partial charge on any atom is -0.369 e. The number of pyridine rings is 1. The number of nitrogens with zero attached hydrogens (tertiary/aromatic N) is 2. The van der Waals surface area contributed by atoms with E-state index in [0.717, 1.165) is 12.0 Å². The molecule has 1 aromatic heterocycles. The molecule has 0 radical (unpaired) electrons. The van der Waals surface area contributed by atoms with Crippen molar-refractivity contribution >= 4 is 23.7 Å². The number of benzene rings is 1. The van der Waals surface area contributed by atoms with Crippen molar-refractivity contribution in [1.29, 1.82) is 5.26 Å². The number of nitrogens with one attached hydrogen (secondary N) is 1. The number of anilines is 1. The molecule has 0 atom stereocenters. The predicted molar refractivity (Wildman–Crippen MR) is 78.0 cm³/mol. The largest absolute Gasteiger partial charge is 0.369 e. The highest BCUT2D eigenvalue weighted by Gasteiger charge is 2.04. The first-order valence-corrected chi connectivity index (χ1v) is 6.45. The van der Waals surface area contributed by atoms with Crippen LogP contribution in [0.2, 0.25) is 5.02 Å². The second-order valence-corrected chi connectivity index (χ2v) is 4.60. The van der Waals surface area contributed by atoms with E-state index in [0.29, 0.717) is 34.9 Å². The molecule has 5 heteroatoms. The fraction of sp³-hybridized carbons (Fsp3) is 0.133. The Morgan fingerprint density at radius 1 is 1.25 bits per heavy atom. The van der Waals surface area contributed by atoms with Gasteiger partial charge >= 0.3 is 0 Å². The highest BCUT2D eigenvalue weighted by atomic mass is 35.5. The second-order valence-electron chi connectivity index (χ2n) is 4.17. The molecular formula is C15H12ClN3O. The molecule has 0 saturated heterocycles. The van der Waals surface area contributed by atoms with Crippen LogP contribution in [0.3, 0.4) is 0 Å². The quantitative estimate of drug-likeness (QED) is 0.858. The highest BCUT2D eigenvalue weighted by Crippen LogP contribution is 2.13. The standard InChI is InChI=1S/C15H12ClN3O/c16-13-4-1-11(2-5-13)7-8-18-15-12(9-17)3-6-14(10-20)19-15/h1-6,10H,7-8H2,(H,18,19). The molecule has 4 nitrogen and oxygen atoms in total. The van der Waals surface area contributed by atoms with Crippen molar-refractivity contribution in [3.8, 4) is 6.07 Å². The molecule has 100 valence electrons.